The zero-order valence-electron chi connectivity index (χ0n) is 5.72. The molecular formula is C7H15O. The third kappa shape index (κ3) is 3.03. The number of aliphatic hydroxyl groups is 1. The van der Waals surface area contributed by atoms with Gasteiger partial charge < -0.3 is 5.11 Å². The quantitative estimate of drug-likeness (QED) is 0.592. The Hall–Kier alpha value is -0.0400. The van der Waals surface area contributed by atoms with Crippen LogP contribution in [0.2, 0.25) is 0 Å². The average molecular weight is 115 g/mol. The molecule has 0 aromatic heterocycles. The molecule has 0 aliphatic rings. The summed E-state index contributed by atoms with van der Waals surface area (Å²) >= 11 is 0. The molecule has 49 valence electrons. The molecule has 0 fully saturated rings. The van der Waals surface area contributed by atoms with Gasteiger partial charge in [0.05, 0.1) is 6.10 Å². The van der Waals surface area contributed by atoms with E-state index in [1.807, 2.05) is 13.8 Å². The fourth-order valence-corrected chi connectivity index (χ4v) is 0.563. The fourth-order valence-electron chi connectivity index (χ4n) is 0.563. The van der Waals surface area contributed by atoms with E-state index in [9.17, 15) is 0 Å². The van der Waals surface area contributed by atoms with Crippen molar-refractivity contribution < 1.29 is 5.11 Å². The molecule has 0 aromatic rings. The first-order valence-corrected chi connectivity index (χ1v) is 3.15. The number of hydrogen-bond acceptors (Lipinski definition) is 1. The first kappa shape index (κ1) is 7.96. The van der Waals surface area contributed by atoms with Crippen molar-refractivity contribution in [2.24, 2.45) is 5.92 Å². The largest absolute Gasteiger partial charge is 0.393 e. The third-order valence-electron chi connectivity index (χ3n) is 1.48. The smallest absolute Gasteiger partial charge is 0.0537 e. The first-order valence-electron chi connectivity index (χ1n) is 3.15. The summed E-state index contributed by atoms with van der Waals surface area (Å²) in [4.78, 5) is 0. The van der Waals surface area contributed by atoms with Crippen LogP contribution in [0.1, 0.15) is 26.7 Å². The standard InChI is InChI=1S/C7H15O/c1-4-5-6(2)7(3)8/h6-8H,1,4-5H2,2-3H3. The molecule has 0 heterocycles. The summed E-state index contributed by atoms with van der Waals surface area (Å²) in [5, 5.41) is 8.92. The van der Waals surface area contributed by atoms with Crippen LogP contribution >= 0.6 is 0 Å². The molecule has 0 aliphatic carbocycles. The lowest BCUT2D eigenvalue weighted by molar-refractivity contribution is 0.130. The Morgan fingerprint density at radius 1 is 1.50 bits per heavy atom. The van der Waals surface area contributed by atoms with Crippen LogP contribution in [-0.4, -0.2) is 11.2 Å². The fraction of sp³-hybridized carbons (Fsp3) is 0.857. The monoisotopic (exact) mass is 115 g/mol. The van der Waals surface area contributed by atoms with E-state index in [4.69, 9.17) is 5.11 Å². The summed E-state index contributed by atoms with van der Waals surface area (Å²) in [5.41, 5.74) is 0. The highest BCUT2D eigenvalue weighted by molar-refractivity contribution is 4.58. The van der Waals surface area contributed by atoms with Crippen molar-refractivity contribution in [2.45, 2.75) is 32.8 Å². The van der Waals surface area contributed by atoms with Crippen LogP contribution in [0.5, 0.6) is 0 Å². The molecule has 1 N–H and O–H groups in total. The topological polar surface area (TPSA) is 20.2 Å². The van der Waals surface area contributed by atoms with E-state index in [1.165, 1.54) is 0 Å². The van der Waals surface area contributed by atoms with Gasteiger partial charge in [0.2, 0.25) is 0 Å². The molecule has 1 heteroatoms. The second-order valence-electron chi connectivity index (χ2n) is 2.36. The van der Waals surface area contributed by atoms with E-state index in [0.29, 0.717) is 5.92 Å². The van der Waals surface area contributed by atoms with Gasteiger partial charge >= 0.3 is 0 Å². The maximum atomic E-state index is 8.92. The maximum Gasteiger partial charge on any atom is 0.0537 e. The van der Waals surface area contributed by atoms with Crippen molar-refractivity contribution in [3.05, 3.63) is 6.92 Å². The minimum atomic E-state index is -0.170. The van der Waals surface area contributed by atoms with Crippen molar-refractivity contribution >= 4 is 0 Å². The summed E-state index contributed by atoms with van der Waals surface area (Å²) in [7, 11) is 0. The van der Waals surface area contributed by atoms with E-state index < -0.39 is 0 Å². The van der Waals surface area contributed by atoms with Gasteiger partial charge in [-0.3, -0.25) is 0 Å². The molecule has 0 rings (SSSR count). The van der Waals surface area contributed by atoms with E-state index in [-0.39, 0.29) is 6.10 Å². The molecule has 0 amide bonds. The average Bonchev–Trinajstić information content (AvgIpc) is 1.67. The van der Waals surface area contributed by atoms with Gasteiger partial charge in [-0.15, -0.1) is 0 Å². The molecule has 0 saturated carbocycles. The Bertz CT molecular complexity index is 50.3. The lowest BCUT2D eigenvalue weighted by Crippen LogP contribution is -2.11. The van der Waals surface area contributed by atoms with Crippen LogP contribution in [-0.2, 0) is 0 Å². The third-order valence-corrected chi connectivity index (χ3v) is 1.48. The van der Waals surface area contributed by atoms with E-state index in [1.54, 1.807) is 0 Å². The van der Waals surface area contributed by atoms with Gasteiger partial charge in [0.1, 0.15) is 0 Å². The molecule has 0 aromatic carbocycles. The van der Waals surface area contributed by atoms with Crippen LogP contribution in [0.25, 0.3) is 0 Å². The van der Waals surface area contributed by atoms with Crippen LogP contribution in [0.3, 0.4) is 0 Å². The summed E-state index contributed by atoms with van der Waals surface area (Å²) in [6.45, 7) is 7.55. The molecule has 2 unspecified atom stereocenters. The van der Waals surface area contributed by atoms with E-state index in [2.05, 4.69) is 6.92 Å². The predicted octanol–water partition coefficient (Wildman–Crippen LogP) is 1.62. The first-order chi connectivity index (χ1) is 3.68. The predicted molar refractivity (Wildman–Crippen MR) is 35.4 cm³/mol. The van der Waals surface area contributed by atoms with Crippen molar-refractivity contribution in [1.82, 2.24) is 0 Å². The van der Waals surface area contributed by atoms with Crippen molar-refractivity contribution in [3.63, 3.8) is 0 Å². The van der Waals surface area contributed by atoms with Gasteiger partial charge in [0.15, 0.2) is 0 Å². The highest BCUT2D eigenvalue weighted by Gasteiger charge is 2.05. The summed E-state index contributed by atoms with van der Waals surface area (Å²) < 4.78 is 0. The lowest BCUT2D eigenvalue weighted by atomic mass is 10.0. The summed E-state index contributed by atoms with van der Waals surface area (Å²) in [6, 6.07) is 0. The number of hydrogen-bond donors (Lipinski definition) is 1. The van der Waals surface area contributed by atoms with Crippen molar-refractivity contribution in [3.8, 4) is 0 Å². The zero-order valence-corrected chi connectivity index (χ0v) is 5.72. The molecule has 1 radical (unpaired) electrons. The Morgan fingerprint density at radius 3 is 2.12 bits per heavy atom. The Kier molecular flexibility index (Phi) is 3.88. The second-order valence-corrected chi connectivity index (χ2v) is 2.36. The van der Waals surface area contributed by atoms with Gasteiger partial charge in [-0.25, -0.2) is 0 Å². The van der Waals surface area contributed by atoms with Gasteiger partial charge in [-0.1, -0.05) is 20.3 Å². The van der Waals surface area contributed by atoms with Crippen LogP contribution in [0, 0.1) is 12.8 Å². The normalized spacial score (nSPS) is 18.0. The minimum absolute atomic E-state index is 0.170. The Morgan fingerprint density at radius 2 is 2.00 bits per heavy atom. The van der Waals surface area contributed by atoms with Crippen LogP contribution in [0.4, 0.5) is 0 Å². The van der Waals surface area contributed by atoms with Gasteiger partial charge in [-0.05, 0) is 19.3 Å². The van der Waals surface area contributed by atoms with Gasteiger partial charge in [0, 0.05) is 0 Å². The lowest BCUT2D eigenvalue weighted by Gasteiger charge is -2.11. The highest BCUT2D eigenvalue weighted by Crippen LogP contribution is 2.08. The number of aliphatic hydroxyl groups excluding tert-OH is 1. The molecular weight excluding hydrogens is 100 g/mol. The molecule has 0 bridgehead atoms. The van der Waals surface area contributed by atoms with Crippen LogP contribution in [0.15, 0.2) is 0 Å². The SMILES string of the molecule is [CH2]CCC(C)C(C)O. The zero-order chi connectivity index (χ0) is 6.57. The summed E-state index contributed by atoms with van der Waals surface area (Å²) in [6.07, 6.45) is 1.78. The molecule has 2 atom stereocenters. The van der Waals surface area contributed by atoms with E-state index >= 15 is 0 Å². The van der Waals surface area contributed by atoms with E-state index in [0.717, 1.165) is 12.8 Å². The minimum Gasteiger partial charge on any atom is -0.393 e. The molecule has 0 spiro atoms. The van der Waals surface area contributed by atoms with Crippen LogP contribution < -0.4 is 0 Å². The second kappa shape index (κ2) is 3.90. The number of rotatable bonds is 3. The van der Waals surface area contributed by atoms with Gasteiger partial charge in [-0.2, -0.15) is 0 Å². The molecule has 0 saturated heterocycles. The van der Waals surface area contributed by atoms with Gasteiger partial charge in [0.25, 0.3) is 0 Å². The molecule has 1 nitrogen and oxygen atoms in total. The Labute approximate surface area is 51.7 Å². The molecule has 0 aliphatic heterocycles. The van der Waals surface area contributed by atoms with Crippen molar-refractivity contribution in [2.75, 3.05) is 0 Å². The maximum absolute atomic E-state index is 8.92. The summed E-state index contributed by atoms with van der Waals surface area (Å²) in [5.74, 6) is 0.410. The molecule has 8 heavy (non-hydrogen) atoms. The highest BCUT2D eigenvalue weighted by atomic mass is 16.3. The Balaban J connectivity index is 3.17. The van der Waals surface area contributed by atoms with Crippen molar-refractivity contribution in [1.29, 1.82) is 0 Å².